The van der Waals surface area contributed by atoms with Crippen LogP contribution in [0.15, 0.2) is 65.8 Å². The van der Waals surface area contributed by atoms with Crippen LogP contribution in [0.5, 0.6) is 5.75 Å². The van der Waals surface area contributed by atoms with Gasteiger partial charge < -0.3 is 4.74 Å². The Hall–Kier alpha value is -3.25. The van der Waals surface area contributed by atoms with Crippen LogP contribution in [0.3, 0.4) is 0 Å². The topological polar surface area (TPSA) is 55.2 Å². The molecule has 3 aromatic carbocycles. The van der Waals surface area contributed by atoms with E-state index in [9.17, 15) is 0 Å². The number of ether oxygens (including phenoxy) is 1. The Morgan fingerprint density at radius 3 is 2.78 bits per heavy atom. The van der Waals surface area contributed by atoms with E-state index in [2.05, 4.69) is 33.5 Å². The third kappa shape index (κ3) is 3.27. The number of benzene rings is 3. The molecule has 1 N–H and O–H groups in total. The summed E-state index contributed by atoms with van der Waals surface area (Å²) in [7, 11) is 1.66. The molecule has 0 unspecified atom stereocenters. The molecule has 4 rings (SSSR count). The fraction of sp³-hybridized carbons (Fsp3) is 0.0952. The number of aromatic nitrogens is 3. The van der Waals surface area contributed by atoms with Gasteiger partial charge in [0.2, 0.25) is 4.77 Å². The van der Waals surface area contributed by atoms with Crippen LogP contribution in [0.25, 0.3) is 22.2 Å². The second kappa shape index (κ2) is 7.17. The van der Waals surface area contributed by atoms with Gasteiger partial charge in [-0.15, -0.1) is 0 Å². The largest absolute Gasteiger partial charge is 0.496 e. The van der Waals surface area contributed by atoms with Gasteiger partial charge in [0, 0.05) is 11.1 Å². The minimum Gasteiger partial charge on any atom is -0.496 e. The minimum absolute atomic E-state index is 0.432. The molecule has 0 bridgehead atoms. The summed E-state index contributed by atoms with van der Waals surface area (Å²) in [6.45, 7) is 2.04. The first kappa shape index (κ1) is 17.2. The second-order valence-corrected chi connectivity index (χ2v) is 6.57. The Labute approximate surface area is 161 Å². The molecule has 0 atom stereocenters. The first-order valence-corrected chi connectivity index (χ1v) is 8.93. The van der Waals surface area contributed by atoms with Crippen LogP contribution in [0.1, 0.15) is 11.1 Å². The fourth-order valence-corrected chi connectivity index (χ4v) is 3.25. The van der Waals surface area contributed by atoms with E-state index in [1.54, 1.807) is 18.0 Å². The molecule has 5 nitrogen and oxygen atoms in total. The van der Waals surface area contributed by atoms with Gasteiger partial charge in [0.15, 0.2) is 5.82 Å². The van der Waals surface area contributed by atoms with E-state index in [0.29, 0.717) is 10.6 Å². The van der Waals surface area contributed by atoms with Crippen LogP contribution in [-0.4, -0.2) is 28.2 Å². The van der Waals surface area contributed by atoms with Crippen LogP contribution in [0.4, 0.5) is 0 Å². The highest BCUT2D eigenvalue weighted by Gasteiger charge is 2.10. The number of aryl methyl sites for hydroxylation is 1. The highest BCUT2D eigenvalue weighted by molar-refractivity contribution is 7.71. The molecule has 0 spiro atoms. The number of rotatable bonds is 4. The molecule has 27 heavy (non-hydrogen) atoms. The zero-order valence-electron chi connectivity index (χ0n) is 15.0. The summed E-state index contributed by atoms with van der Waals surface area (Å²) in [6.07, 6.45) is 1.77. The summed E-state index contributed by atoms with van der Waals surface area (Å²) >= 11 is 5.38. The van der Waals surface area contributed by atoms with Crippen molar-refractivity contribution in [2.24, 2.45) is 5.10 Å². The van der Waals surface area contributed by atoms with Crippen molar-refractivity contribution in [3.63, 3.8) is 0 Å². The van der Waals surface area contributed by atoms with Gasteiger partial charge in [-0.3, -0.25) is 0 Å². The molecule has 4 aromatic rings. The van der Waals surface area contributed by atoms with E-state index in [4.69, 9.17) is 17.0 Å². The smallest absolute Gasteiger partial charge is 0.216 e. The molecule has 0 aliphatic carbocycles. The zero-order valence-corrected chi connectivity index (χ0v) is 15.8. The van der Waals surface area contributed by atoms with Crippen molar-refractivity contribution in [3.05, 3.63) is 76.6 Å². The van der Waals surface area contributed by atoms with Gasteiger partial charge in [-0.05, 0) is 42.0 Å². The normalized spacial score (nSPS) is 11.3. The van der Waals surface area contributed by atoms with Gasteiger partial charge in [0.1, 0.15) is 5.75 Å². The second-order valence-electron chi connectivity index (χ2n) is 6.18. The summed E-state index contributed by atoms with van der Waals surface area (Å²) in [5, 5.41) is 14.0. The van der Waals surface area contributed by atoms with Crippen LogP contribution in [0, 0.1) is 11.7 Å². The molecule has 0 saturated carbocycles. The maximum absolute atomic E-state index is 5.53. The van der Waals surface area contributed by atoms with Crippen LogP contribution >= 0.6 is 12.2 Å². The van der Waals surface area contributed by atoms with E-state index in [0.717, 1.165) is 33.2 Å². The van der Waals surface area contributed by atoms with Gasteiger partial charge in [0.05, 0.1) is 13.3 Å². The Morgan fingerprint density at radius 2 is 1.96 bits per heavy atom. The molecule has 0 aliphatic rings. The standard InChI is InChI=1S/C21H18N4OS/c1-14-6-5-8-16(12-14)20-23-24-21(27)25(20)22-13-18-17-9-4-3-7-15(17)10-11-19(18)26-2/h3-13H,1-2H3,(H,24,27)/b22-13-. The average Bonchev–Trinajstić information content (AvgIpc) is 3.06. The van der Waals surface area contributed by atoms with Crippen molar-refractivity contribution in [1.29, 1.82) is 0 Å². The van der Waals surface area contributed by atoms with Crippen molar-refractivity contribution < 1.29 is 4.74 Å². The summed E-state index contributed by atoms with van der Waals surface area (Å²) < 4.78 is 7.60. The number of H-pyrrole nitrogens is 1. The van der Waals surface area contributed by atoms with Crippen LogP contribution in [0.2, 0.25) is 0 Å². The number of nitrogens with one attached hydrogen (secondary N) is 1. The first-order valence-electron chi connectivity index (χ1n) is 8.52. The van der Waals surface area contributed by atoms with Crippen molar-refractivity contribution in [1.82, 2.24) is 14.9 Å². The lowest BCUT2D eigenvalue weighted by Gasteiger charge is -2.08. The van der Waals surface area contributed by atoms with Gasteiger partial charge >= 0.3 is 0 Å². The maximum Gasteiger partial charge on any atom is 0.216 e. The van der Waals surface area contributed by atoms with Crippen LogP contribution in [-0.2, 0) is 0 Å². The predicted molar refractivity (Wildman–Crippen MR) is 111 cm³/mol. The van der Waals surface area contributed by atoms with E-state index >= 15 is 0 Å². The quantitative estimate of drug-likeness (QED) is 0.406. The van der Waals surface area contributed by atoms with Gasteiger partial charge in [-0.2, -0.15) is 14.9 Å². The minimum atomic E-state index is 0.432. The molecule has 1 heterocycles. The monoisotopic (exact) mass is 374 g/mol. The number of aromatic amines is 1. The number of nitrogens with zero attached hydrogens (tertiary/aromatic N) is 3. The number of hydrogen-bond acceptors (Lipinski definition) is 4. The lowest BCUT2D eigenvalue weighted by Crippen LogP contribution is -1.97. The first-order chi connectivity index (χ1) is 13.2. The summed E-state index contributed by atoms with van der Waals surface area (Å²) in [5.74, 6) is 1.42. The van der Waals surface area contributed by atoms with Crippen molar-refractivity contribution in [2.75, 3.05) is 7.11 Å². The van der Waals surface area contributed by atoms with Crippen LogP contribution < -0.4 is 4.74 Å². The van der Waals surface area contributed by atoms with Gasteiger partial charge in [-0.1, -0.05) is 54.1 Å². The van der Waals surface area contributed by atoms with Crippen molar-refractivity contribution in [3.8, 4) is 17.1 Å². The van der Waals surface area contributed by atoms with E-state index in [1.165, 1.54) is 0 Å². The Balaban J connectivity index is 1.85. The van der Waals surface area contributed by atoms with Gasteiger partial charge in [-0.25, -0.2) is 5.10 Å². The zero-order chi connectivity index (χ0) is 18.8. The molecule has 0 saturated heterocycles. The molecule has 134 valence electrons. The van der Waals surface area contributed by atoms with E-state index < -0.39 is 0 Å². The third-order valence-corrected chi connectivity index (χ3v) is 4.64. The highest BCUT2D eigenvalue weighted by atomic mass is 32.1. The lowest BCUT2D eigenvalue weighted by atomic mass is 10.0. The summed E-state index contributed by atoms with van der Waals surface area (Å²) in [5.41, 5.74) is 2.99. The van der Waals surface area contributed by atoms with E-state index in [-0.39, 0.29) is 0 Å². The summed E-state index contributed by atoms with van der Waals surface area (Å²) in [4.78, 5) is 0. The predicted octanol–water partition coefficient (Wildman–Crippen LogP) is 4.96. The molecule has 0 amide bonds. The molecular weight excluding hydrogens is 356 g/mol. The molecule has 0 fully saturated rings. The Kier molecular flexibility index (Phi) is 4.56. The SMILES string of the molecule is COc1ccc2ccccc2c1/C=N\n1c(-c2cccc(C)c2)n[nH]c1=S. The number of methoxy groups -OCH3 is 1. The van der Waals surface area contributed by atoms with Crippen molar-refractivity contribution in [2.45, 2.75) is 6.92 Å². The Bertz CT molecular complexity index is 1210. The molecule has 0 radical (unpaired) electrons. The average molecular weight is 374 g/mol. The highest BCUT2D eigenvalue weighted by Crippen LogP contribution is 2.27. The lowest BCUT2D eigenvalue weighted by molar-refractivity contribution is 0.415. The summed E-state index contributed by atoms with van der Waals surface area (Å²) in [6, 6.07) is 20.2. The number of fused-ring (bicyclic) bond motifs is 1. The van der Waals surface area contributed by atoms with E-state index in [1.807, 2.05) is 49.4 Å². The third-order valence-electron chi connectivity index (χ3n) is 4.38. The maximum atomic E-state index is 5.53. The molecule has 0 aliphatic heterocycles. The fourth-order valence-electron chi connectivity index (χ4n) is 3.07. The molecule has 6 heteroatoms. The van der Waals surface area contributed by atoms with Crippen molar-refractivity contribution >= 4 is 29.2 Å². The van der Waals surface area contributed by atoms with Gasteiger partial charge in [0.25, 0.3) is 0 Å². The number of hydrogen-bond donors (Lipinski definition) is 1. The molecular formula is C21H18N4OS. The molecule has 1 aromatic heterocycles. The Morgan fingerprint density at radius 1 is 1.11 bits per heavy atom.